The summed E-state index contributed by atoms with van der Waals surface area (Å²) in [6.07, 6.45) is 2.62. The molecule has 148 valence electrons. The molecule has 0 bridgehead atoms. The summed E-state index contributed by atoms with van der Waals surface area (Å²) >= 11 is 6.85. The number of rotatable bonds is 8. The molecule has 0 atom stereocenters. The Morgan fingerprint density at radius 3 is 2.83 bits per heavy atom. The Labute approximate surface area is 173 Å². The first-order chi connectivity index (χ1) is 14.0. The number of hydrogen-bond donors (Lipinski definition) is 2. The molecule has 0 saturated heterocycles. The van der Waals surface area contributed by atoms with E-state index in [-0.39, 0.29) is 12.3 Å². The van der Waals surface area contributed by atoms with Crippen LogP contribution in [-0.4, -0.2) is 38.8 Å². The van der Waals surface area contributed by atoms with Gasteiger partial charge in [0.1, 0.15) is 12.1 Å². The molecule has 29 heavy (non-hydrogen) atoms. The van der Waals surface area contributed by atoms with Crippen LogP contribution in [0.5, 0.6) is 5.75 Å². The van der Waals surface area contributed by atoms with E-state index in [2.05, 4.69) is 25.7 Å². The van der Waals surface area contributed by atoms with E-state index in [1.165, 1.54) is 18.6 Å². The average Bonchev–Trinajstić information content (AvgIpc) is 3.21. The molecule has 1 amide bonds. The zero-order chi connectivity index (χ0) is 20.6. The lowest BCUT2D eigenvalue weighted by atomic mass is 10.2. The number of nitro benzene ring substituents is 1. The van der Waals surface area contributed by atoms with Gasteiger partial charge >= 0.3 is 0 Å². The first kappa shape index (κ1) is 20.3. The molecule has 0 aliphatic carbocycles. The van der Waals surface area contributed by atoms with Crippen molar-refractivity contribution < 1.29 is 14.5 Å². The number of halogens is 1. The molecular formula is C17H13ClN6O4S. The molecule has 0 aliphatic rings. The van der Waals surface area contributed by atoms with Gasteiger partial charge < -0.3 is 4.74 Å². The van der Waals surface area contributed by atoms with Crippen LogP contribution in [0.15, 0.2) is 63.9 Å². The first-order valence-electron chi connectivity index (χ1n) is 8.03. The summed E-state index contributed by atoms with van der Waals surface area (Å²) in [6.45, 7) is -0.244. The number of benzene rings is 2. The normalized spacial score (nSPS) is 10.8. The highest BCUT2D eigenvalue weighted by molar-refractivity contribution is 7.99. The second-order valence-corrected chi connectivity index (χ2v) is 6.88. The fourth-order valence-electron chi connectivity index (χ4n) is 2.08. The van der Waals surface area contributed by atoms with Crippen molar-refractivity contribution in [3.8, 4) is 5.75 Å². The molecule has 0 spiro atoms. The van der Waals surface area contributed by atoms with Crippen LogP contribution in [0.1, 0.15) is 5.56 Å². The highest BCUT2D eigenvalue weighted by atomic mass is 35.5. The minimum atomic E-state index is -0.505. The average molecular weight is 433 g/mol. The lowest BCUT2D eigenvalue weighted by Crippen LogP contribution is -2.24. The van der Waals surface area contributed by atoms with Crippen molar-refractivity contribution >= 4 is 41.2 Å². The van der Waals surface area contributed by atoms with Gasteiger partial charge in [-0.05, 0) is 42.1 Å². The molecular weight excluding hydrogens is 420 g/mol. The number of nitro groups is 1. The number of nitrogens with one attached hydrogen (secondary N) is 2. The zero-order valence-electron chi connectivity index (χ0n) is 14.6. The zero-order valence-corrected chi connectivity index (χ0v) is 16.2. The first-order valence-corrected chi connectivity index (χ1v) is 9.22. The number of aromatic amines is 1. The largest absolute Gasteiger partial charge is 0.484 e. The van der Waals surface area contributed by atoms with E-state index in [1.807, 2.05) is 0 Å². The second kappa shape index (κ2) is 9.66. The summed E-state index contributed by atoms with van der Waals surface area (Å²) in [6, 6.07) is 11.1. The predicted octanol–water partition coefficient (Wildman–Crippen LogP) is 3.05. The van der Waals surface area contributed by atoms with Gasteiger partial charge in [0.15, 0.2) is 11.8 Å². The maximum absolute atomic E-state index is 11.8. The van der Waals surface area contributed by atoms with Crippen molar-refractivity contribution in [2.75, 3.05) is 6.61 Å². The maximum Gasteiger partial charge on any atom is 0.283 e. The molecule has 2 aromatic carbocycles. The summed E-state index contributed by atoms with van der Waals surface area (Å²) in [7, 11) is 0. The number of hydrazone groups is 1. The van der Waals surface area contributed by atoms with Gasteiger partial charge in [0.2, 0.25) is 0 Å². The molecule has 0 fully saturated rings. The maximum atomic E-state index is 11.8. The fraction of sp³-hybridized carbons (Fsp3) is 0.0588. The second-order valence-electron chi connectivity index (χ2n) is 5.41. The van der Waals surface area contributed by atoms with Crippen LogP contribution < -0.4 is 10.2 Å². The number of carbonyl (C=O) groups is 1. The Balaban J connectivity index is 1.58. The van der Waals surface area contributed by atoms with E-state index < -0.39 is 10.8 Å². The van der Waals surface area contributed by atoms with Crippen molar-refractivity contribution in [1.29, 1.82) is 0 Å². The van der Waals surface area contributed by atoms with E-state index in [0.29, 0.717) is 26.4 Å². The molecule has 10 nitrogen and oxygen atoms in total. The number of nitrogens with zero attached hydrogens (tertiary/aromatic N) is 4. The Morgan fingerprint density at radius 2 is 2.14 bits per heavy atom. The Bertz CT molecular complexity index is 1030. The number of H-pyrrole nitrogens is 1. The van der Waals surface area contributed by atoms with Gasteiger partial charge in [-0.2, -0.15) is 10.2 Å². The van der Waals surface area contributed by atoms with Gasteiger partial charge in [0, 0.05) is 16.7 Å². The number of amides is 1. The summed E-state index contributed by atoms with van der Waals surface area (Å²) in [4.78, 5) is 26.9. The standard InChI is InChI=1S/C17H13ClN6O4S/c18-12-2-4-13(5-3-12)28-9-16(25)22-20-8-11-1-6-15(14(7-11)24(26)27)29-17-19-10-21-23-17/h1-8,10H,9H2,(H,22,25)(H,19,21,23)/b20-8+. The molecule has 1 aromatic heterocycles. The lowest BCUT2D eigenvalue weighted by Gasteiger charge is -2.05. The Hall–Kier alpha value is -3.44. The summed E-state index contributed by atoms with van der Waals surface area (Å²) in [5, 5.41) is 22.4. The van der Waals surface area contributed by atoms with Gasteiger partial charge in [-0.25, -0.2) is 10.4 Å². The van der Waals surface area contributed by atoms with Crippen molar-refractivity contribution in [3.05, 3.63) is 69.5 Å². The monoisotopic (exact) mass is 432 g/mol. The van der Waals surface area contributed by atoms with Crippen molar-refractivity contribution in [1.82, 2.24) is 20.6 Å². The molecule has 0 aliphatic heterocycles. The summed E-state index contributed by atoms with van der Waals surface area (Å²) < 4.78 is 5.29. The summed E-state index contributed by atoms with van der Waals surface area (Å²) in [5.41, 5.74) is 2.62. The number of aromatic nitrogens is 3. The third-order valence-corrected chi connectivity index (χ3v) is 4.57. The van der Waals surface area contributed by atoms with E-state index in [4.69, 9.17) is 16.3 Å². The minimum Gasteiger partial charge on any atom is -0.484 e. The van der Waals surface area contributed by atoms with Crippen LogP contribution in [0.4, 0.5) is 5.69 Å². The quantitative estimate of drug-likeness (QED) is 0.317. The van der Waals surface area contributed by atoms with Crippen molar-refractivity contribution in [2.24, 2.45) is 5.10 Å². The van der Waals surface area contributed by atoms with Gasteiger partial charge in [-0.1, -0.05) is 17.7 Å². The van der Waals surface area contributed by atoms with E-state index in [0.717, 1.165) is 11.8 Å². The molecule has 0 unspecified atom stereocenters. The van der Waals surface area contributed by atoms with Crippen molar-refractivity contribution in [2.45, 2.75) is 10.1 Å². The third kappa shape index (κ3) is 6.02. The predicted molar refractivity (Wildman–Crippen MR) is 106 cm³/mol. The molecule has 3 rings (SSSR count). The summed E-state index contributed by atoms with van der Waals surface area (Å²) in [5.74, 6) is 0.00666. The molecule has 12 heteroatoms. The lowest BCUT2D eigenvalue weighted by molar-refractivity contribution is -0.387. The van der Waals surface area contributed by atoms with E-state index in [9.17, 15) is 14.9 Å². The highest BCUT2D eigenvalue weighted by Gasteiger charge is 2.16. The third-order valence-electron chi connectivity index (χ3n) is 3.37. The number of hydrogen-bond acceptors (Lipinski definition) is 8. The van der Waals surface area contributed by atoms with Crippen molar-refractivity contribution in [3.63, 3.8) is 0 Å². The highest BCUT2D eigenvalue weighted by Crippen LogP contribution is 2.33. The van der Waals surface area contributed by atoms with Crippen LogP contribution in [0.25, 0.3) is 0 Å². The van der Waals surface area contributed by atoms with Crippen LogP contribution in [0, 0.1) is 10.1 Å². The molecule has 0 saturated carbocycles. The fourth-order valence-corrected chi connectivity index (χ4v) is 2.99. The number of carbonyl (C=O) groups excluding carboxylic acids is 1. The molecule has 3 aromatic rings. The molecule has 1 heterocycles. The molecule has 2 N–H and O–H groups in total. The van der Waals surface area contributed by atoms with E-state index >= 15 is 0 Å². The van der Waals surface area contributed by atoms with Gasteiger partial charge in [0.25, 0.3) is 11.6 Å². The SMILES string of the molecule is O=C(COc1ccc(Cl)cc1)N/N=C/c1ccc(Sc2ncn[nH]2)c([N+](=O)[O-])c1. The van der Waals surface area contributed by atoms with Gasteiger partial charge in [0.05, 0.1) is 16.0 Å². The van der Waals surface area contributed by atoms with Crippen LogP contribution in [0.3, 0.4) is 0 Å². The number of ether oxygens (including phenoxy) is 1. The Morgan fingerprint density at radius 1 is 1.34 bits per heavy atom. The van der Waals surface area contributed by atoms with Gasteiger partial charge in [-0.3, -0.25) is 20.0 Å². The van der Waals surface area contributed by atoms with Gasteiger partial charge in [-0.15, -0.1) is 0 Å². The molecule has 0 radical (unpaired) electrons. The Kier molecular flexibility index (Phi) is 6.76. The topological polar surface area (TPSA) is 135 Å². The smallest absolute Gasteiger partial charge is 0.283 e. The van der Waals surface area contributed by atoms with Crippen LogP contribution in [0.2, 0.25) is 5.02 Å². The van der Waals surface area contributed by atoms with Crippen LogP contribution in [-0.2, 0) is 4.79 Å². The minimum absolute atomic E-state index is 0.118. The van der Waals surface area contributed by atoms with E-state index in [1.54, 1.807) is 36.4 Å². The van der Waals surface area contributed by atoms with Crippen LogP contribution >= 0.6 is 23.4 Å².